The van der Waals surface area contributed by atoms with Crippen molar-refractivity contribution in [2.24, 2.45) is 0 Å². The zero-order valence-electron chi connectivity index (χ0n) is 8.79. The van der Waals surface area contributed by atoms with E-state index in [1.807, 2.05) is 6.92 Å². The molecule has 84 valence electrons. The smallest absolute Gasteiger partial charge is 0.324 e. The topological polar surface area (TPSA) is 57.5 Å². The SMILES string of the molecule is CCCC(O)CCCC(C)(Cl)C(=O)O. The van der Waals surface area contributed by atoms with Gasteiger partial charge in [-0.25, -0.2) is 0 Å². The minimum atomic E-state index is -1.19. The van der Waals surface area contributed by atoms with Gasteiger partial charge in [0.1, 0.15) is 4.87 Å². The van der Waals surface area contributed by atoms with Gasteiger partial charge in [-0.15, -0.1) is 11.6 Å². The van der Waals surface area contributed by atoms with Gasteiger partial charge in [0.2, 0.25) is 0 Å². The molecule has 0 radical (unpaired) electrons. The molecular formula is C10H19ClO3. The van der Waals surface area contributed by atoms with E-state index in [0.717, 1.165) is 12.8 Å². The van der Waals surface area contributed by atoms with Crippen LogP contribution < -0.4 is 0 Å². The molecule has 0 aromatic carbocycles. The summed E-state index contributed by atoms with van der Waals surface area (Å²) in [7, 11) is 0. The highest BCUT2D eigenvalue weighted by molar-refractivity contribution is 6.33. The van der Waals surface area contributed by atoms with Crippen molar-refractivity contribution in [2.45, 2.75) is 56.9 Å². The van der Waals surface area contributed by atoms with Crippen LogP contribution >= 0.6 is 11.6 Å². The summed E-state index contributed by atoms with van der Waals surface area (Å²) in [5, 5.41) is 18.1. The molecular weight excluding hydrogens is 204 g/mol. The Hall–Kier alpha value is -0.280. The van der Waals surface area contributed by atoms with Gasteiger partial charge >= 0.3 is 5.97 Å². The third-order valence-electron chi connectivity index (χ3n) is 2.25. The molecule has 0 saturated carbocycles. The first-order valence-corrected chi connectivity index (χ1v) is 5.38. The summed E-state index contributed by atoms with van der Waals surface area (Å²) in [5.41, 5.74) is 0. The quantitative estimate of drug-likeness (QED) is 0.651. The van der Waals surface area contributed by atoms with Crippen LogP contribution in [0.1, 0.15) is 46.0 Å². The lowest BCUT2D eigenvalue weighted by atomic mass is 10.0. The zero-order valence-corrected chi connectivity index (χ0v) is 9.55. The maximum absolute atomic E-state index is 10.6. The van der Waals surface area contributed by atoms with Crippen molar-refractivity contribution in [1.82, 2.24) is 0 Å². The van der Waals surface area contributed by atoms with Crippen molar-refractivity contribution in [1.29, 1.82) is 0 Å². The van der Waals surface area contributed by atoms with E-state index >= 15 is 0 Å². The molecule has 0 heterocycles. The predicted octanol–water partition coefficient (Wildman–Crippen LogP) is 2.40. The predicted molar refractivity (Wildman–Crippen MR) is 56.7 cm³/mol. The second kappa shape index (κ2) is 6.25. The summed E-state index contributed by atoms with van der Waals surface area (Å²) >= 11 is 5.75. The number of carboxylic acids is 1. The molecule has 0 aliphatic carbocycles. The molecule has 0 aromatic rings. The number of aliphatic hydroxyl groups is 1. The maximum Gasteiger partial charge on any atom is 0.324 e. The number of halogens is 1. The average molecular weight is 223 g/mol. The molecule has 0 rings (SSSR count). The van der Waals surface area contributed by atoms with Crippen LogP contribution in [0.15, 0.2) is 0 Å². The molecule has 0 saturated heterocycles. The number of aliphatic carboxylic acids is 1. The van der Waals surface area contributed by atoms with Gasteiger partial charge in [-0.2, -0.15) is 0 Å². The molecule has 0 amide bonds. The van der Waals surface area contributed by atoms with Crippen LogP contribution in [0.2, 0.25) is 0 Å². The summed E-state index contributed by atoms with van der Waals surface area (Å²) in [6, 6.07) is 0. The number of hydrogen-bond acceptors (Lipinski definition) is 2. The van der Waals surface area contributed by atoms with Crippen molar-refractivity contribution in [3.05, 3.63) is 0 Å². The molecule has 2 N–H and O–H groups in total. The Morgan fingerprint density at radius 2 is 2.07 bits per heavy atom. The minimum Gasteiger partial charge on any atom is -0.480 e. The van der Waals surface area contributed by atoms with Crippen molar-refractivity contribution < 1.29 is 15.0 Å². The molecule has 0 aromatic heterocycles. The largest absolute Gasteiger partial charge is 0.480 e. The van der Waals surface area contributed by atoms with Crippen LogP contribution in [-0.2, 0) is 4.79 Å². The lowest BCUT2D eigenvalue weighted by Gasteiger charge is -2.17. The van der Waals surface area contributed by atoms with Gasteiger partial charge in [-0.1, -0.05) is 13.3 Å². The molecule has 0 aliphatic rings. The monoisotopic (exact) mass is 222 g/mol. The third kappa shape index (κ3) is 5.45. The number of aliphatic hydroxyl groups excluding tert-OH is 1. The Bertz CT molecular complexity index is 180. The molecule has 4 heteroatoms. The number of carboxylic acid groups (broad SMARTS) is 1. The Balaban J connectivity index is 3.68. The zero-order chi connectivity index (χ0) is 11.2. The fraction of sp³-hybridized carbons (Fsp3) is 0.900. The van der Waals surface area contributed by atoms with Gasteiger partial charge in [-0.3, -0.25) is 4.79 Å². The Morgan fingerprint density at radius 1 is 1.50 bits per heavy atom. The number of carbonyl (C=O) groups is 1. The summed E-state index contributed by atoms with van der Waals surface area (Å²) < 4.78 is 0. The Kier molecular flexibility index (Phi) is 6.12. The van der Waals surface area contributed by atoms with Gasteiger partial charge < -0.3 is 10.2 Å². The second-order valence-corrected chi connectivity index (χ2v) is 4.67. The lowest BCUT2D eigenvalue weighted by molar-refractivity contribution is -0.140. The van der Waals surface area contributed by atoms with E-state index in [4.69, 9.17) is 16.7 Å². The van der Waals surface area contributed by atoms with Crippen LogP contribution in [0.4, 0.5) is 0 Å². The molecule has 0 spiro atoms. The Labute approximate surface area is 90.1 Å². The molecule has 2 unspecified atom stereocenters. The number of rotatable bonds is 7. The summed E-state index contributed by atoms with van der Waals surface area (Å²) in [6.45, 7) is 3.50. The highest BCUT2D eigenvalue weighted by Gasteiger charge is 2.29. The van der Waals surface area contributed by atoms with Gasteiger partial charge in [0.15, 0.2) is 0 Å². The van der Waals surface area contributed by atoms with Crippen LogP contribution in [0.25, 0.3) is 0 Å². The van der Waals surface area contributed by atoms with E-state index in [0.29, 0.717) is 19.3 Å². The van der Waals surface area contributed by atoms with Gasteiger partial charge in [0.05, 0.1) is 6.10 Å². The second-order valence-electron chi connectivity index (χ2n) is 3.84. The average Bonchev–Trinajstić information content (AvgIpc) is 2.04. The normalized spacial score (nSPS) is 17.4. The summed E-state index contributed by atoms with van der Waals surface area (Å²) in [5.74, 6) is -0.996. The van der Waals surface area contributed by atoms with E-state index in [9.17, 15) is 9.90 Å². The highest BCUT2D eigenvalue weighted by Crippen LogP contribution is 2.23. The molecule has 3 nitrogen and oxygen atoms in total. The van der Waals surface area contributed by atoms with Gasteiger partial charge in [0, 0.05) is 0 Å². The fourth-order valence-corrected chi connectivity index (χ4v) is 1.39. The standard InChI is InChI=1S/C10H19ClO3/c1-3-5-8(12)6-4-7-10(2,11)9(13)14/h8,12H,3-7H2,1-2H3,(H,13,14). The van der Waals surface area contributed by atoms with Crippen LogP contribution in [0.3, 0.4) is 0 Å². The summed E-state index contributed by atoms with van der Waals surface area (Å²) in [4.78, 5) is 9.44. The van der Waals surface area contributed by atoms with E-state index in [2.05, 4.69) is 0 Å². The maximum atomic E-state index is 10.6. The van der Waals surface area contributed by atoms with Crippen molar-refractivity contribution >= 4 is 17.6 Å². The van der Waals surface area contributed by atoms with Crippen LogP contribution in [-0.4, -0.2) is 27.2 Å². The number of hydrogen-bond donors (Lipinski definition) is 2. The van der Waals surface area contributed by atoms with E-state index in [1.54, 1.807) is 0 Å². The fourth-order valence-electron chi connectivity index (χ4n) is 1.25. The number of alkyl halides is 1. The first-order chi connectivity index (χ1) is 6.40. The first kappa shape index (κ1) is 13.7. The van der Waals surface area contributed by atoms with Crippen LogP contribution in [0.5, 0.6) is 0 Å². The van der Waals surface area contributed by atoms with Crippen molar-refractivity contribution in [3.63, 3.8) is 0 Å². The third-order valence-corrected chi connectivity index (χ3v) is 2.60. The van der Waals surface area contributed by atoms with E-state index in [-0.39, 0.29) is 6.10 Å². The molecule has 14 heavy (non-hydrogen) atoms. The van der Waals surface area contributed by atoms with Crippen molar-refractivity contribution in [2.75, 3.05) is 0 Å². The molecule has 2 atom stereocenters. The first-order valence-electron chi connectivity index (χ1n) is 5.00. The highest BCUT2D eigenvalue weighted by atomic mass is 35.5. The van der Waals surface area contributed by atoms with E-state index < -0.39 is 10.8 Å². The van der Waals surface area contributed by atoms with Gasteiger partial charge in [0.25, 0.3) is 0 Å². The van der Waals surface area contributed by atoms with Crippen molar-refractivity contribution in [3.8, 4) is 0 Å². The molecule has 0 bridgehead atoms. The lowest BCUT2D eigenvalue weighted by Crippen LogP contribution is -2.28. The molecule has 0 aliphatic heterocycles. The Morgan fingerprint density at radius 3 is 2.50 bits per heavy atom. The molecule has 0 fully saturated rings. The van der Waals surface area contributed by atoms with Crippen LogP contribution in [0, 0.1) is 0 Å². The summed E-state index contributed by atoms with van der Waals surface area (Å²) in [6.07, 6.45) is 3.06. The van der Waals surface area contributed by atoms with E-state index in [1.165, 1.54) is 6.92 Å². The minimum absolute atomic E-state index is 0.318. The van der Waals surface area contributed by atoms with Gasteiger partial charge in [-0.05, 0) is 32.6 Å².